The first-order chi connectivity index (χ1) is 4.88. The first kappa shape index (κ1) is 8.06. The lowest BCUT2D eigenvalue weighted by Crippen LogP contribution is -2.26. The second-order valence-electron chi connectivity index (χ2n) is 3.20. The average molecular weight is 142 g/mol. The molecule has 1 saturated heterocycles. The van der Waals surface area contributed by atoms with Gasteiger partial charge in [0.25, 0.3) is 0 Å². The fourth-order valence-electron chi connectivity index (χ4n) is 1.83. The molecule has 2 unspecified atom stereocenters. The van der Waals surface area contributed by atoms with Crippen molar-refractivity contribution in [1.82, 2.24) is 0 Å². The summed E-state index contributed by atoms with van der Waals surface area (Å²) in [6.07, 6.45) is 3.91. The molecule has 0 radical (unpaired) electrons. The third-order valence-corrected chi connectivity index (χ3v) is 2.68. The molecule has 10 heavy (non-hydrogen) atoms. The molecule has 0 N–H and O–H groups in total. The van der Waals surface area contributed by atoms with E-state index in [-0.39, 0.29) is 0 Å². The molecule has 60 valence electrons. The molecule has 0 aromatic rings. The van der Waals surface area contributed by atoms with Crippen molar-refractivity contribution in [3.05, 3.63) is 0 Å². The Morgan fingerprint density at radius 3 is 2.40 bits per heavy atom. The fourth-order valence-corrected chi connectivity index (χ4v) is 1.83. The number of rotatable bonds is 2. The molecule has 1 nitrogen and oxygen atoms in total. The molecule has 2 atom stereocenters. The zero-order chi connectivity index (χ0) is 7.40. The van der Waals surface area contributed by atoms with Gasteiger partial charge in [0.1, 0.15) is 0 Å². The predicted molar refractivity (Wildman–Crippen MR) is 43.0 cm³/mol. The molecule has 0 spiro atoms. The molecular weight excluding hydrogens is 124 g/mol. The van der Waals surface area contributed by atoms with Gasteiger partial charge in [-0.05, 0) is 18.3 Å². The summed E-state index contributed by atoms with van der Waals surface area (Å²) in [5, 5.41) is 0. The van der Waals surface area contributed by atoms with Crippen LogP contribution in [0.4, 0.5) is 0 Å². The minimum atomic E-state index is 0.846. The van der Waals surface area contributed by atoms with Crippen LogP contribution in [0.25, 0.3) is 0 Å². The summed E-state index contributed by atoms with van der Waals surface area (Å²) in [5.74, 6) is 1.79. The third-order valence-electron chi connectivity index (χ3n) is 2.68. The zero-order valence-electron chi connectivity index (χ0n) is 7.10. The van der Waals surface area contributed by atoms with E-state index < -0.39 is 0 Å². The molecule has 0 aliphatic carbocycles. The lowest BCUT2D eigenvalue weighted by Gasteiger charge is -2.29. The van der Waals surface area contributed by atoms with Gasteiger partial charge in [0.15, 0.2) is 0 Å². The molecule has 0 aromatic heterocycles. The second kappa shape index (κ2) is 3.97. The van der Waals surface area contributed by atoms with Gasteiger partial charge in [-0.1, -0.05) is 26.7 Å². The van der Waals surface area contributed by atoms with Crippen LogP contribution in [-0.2, 0) is 4.74 Å². The van der Waals surface area contributed by atoms with E-state index in [4.69, 9.17) is 4.74 Å². The Kier molecular flexibility index (Phi) is 3.20. The first-order valence-corrected chi connectivity index (χ1v) is 4.46. The van der Waals surface area contributed by atoms with Crippen LogP contribution < -0.4 is 0 Å². The van der Waals surface area contributed by atoms with Crippen molar-refractivity contribution in [1.29, 1.82) is 0 Å². The van der Waals surface area contributed by atoms with Crippen LogP contribution in [0.1, 0.15) is 33.1 Å². The molecule has 0 amide bonds. The molecule has 1 fully saturated rings. The van der Waals surface area contributed by atoms with Crippen molar-refractivity contribution in [3.8, 4) is 0 Å². The summed E-state index contributed by atoms with van der Waals surface area (Å²) in [4.78, 5) is 0. The van der Waals surface area contributed by atoms with Crippen molar-refractivity contribution < 1.29 is 4.74 Å². The molecule has 0 saturated carbocycles. The summed E-state index contributed by atoms with van der Waals surface area (Å²) in [7, 11) is 0. The van der Waals surface area contributed by atoms with Crippen LogP contribution in [0.5, 0.6) is 0 Å². The monoisotopic (exact) mass is 142 g/mol. The van der Waals surface area contributed by atoms with Gasteiger partial charge >= 0.3 is 0 Å². The number of hydrogen-bond acceptors (Lipinski definition) is 1. The Morgan fingerprint density at radius 2 is 1.90 bits per heavy atom. The lowest BCUT2D eigenvalue weighted by atomic mass is 9.85. The van der Waals surface area contributed by atoms with Gasteiger partial charge in [0.2, 0.25) is 0 Å². The van der Waals surface area contributed by atoms with E-state index in [9.17, 15) is 0 Å². The highest BCUT2D eigenvalue weighted by Crippen LogP contribution is 2.26. The van der Waals surface area contributed by atoms with E-state index in [1.807, 2.05) is 0 Å². The van der Waals surface area contributed by atoms with Crippen molar-refractivity contribution in [2.75, 3.05) is 13.2 Å². The van der Waals surface area contributed by atoms with Gasteiger partial charge in [-0.25, -0.2) is 0 Å². The average Bonchev–Trinajstić information content (AvgIpc) is 2.04. The quantitative estimate of drug-likeness (QED) is 0.575. The van der Waals surface area contributed by atoms with E-state index in [2.05, 4.69) is 13.8 Å². The Hall–Kier alpha value is -0.0400. The summed E-state index contributed by atoms with van der Waals surface area (Å²) in [5.41, 5.74) is 0. The smallest absolute Gasteiger partial charge is 0.0496 e. The lowest BCUT2D eigenvalue weighted by molar-refractivity contribution is 0.0142. The summed E-state index contributed by atoms with van der Waals surface area (Å²) < 4.78 is 5.41. The maximum atomic E-state index is 5.41. The van der Waals surface area contributed by atoms with Gasteiger partial charge in [-0.15, -0.1) is 0 Å². The van der Waals surface area contributed by atoms with Gasteiger partial charge in [-0.2, -0.15) is 0 Å². The largest absolute Gasteiger partial charge is 0.381 e. The Balaban J connectivity index is 2.34. The van der Waals surface area contributed by atoms with Crippen molar-refractivity contribution in [2.24, 2.45) is 11.8 Å². The number of ether oxygens (including phenoxy) is 1. The van der Waals surface area contributed by atoms with Crippen molar-refractivity contribution in [3.63, 3.8) is 0 Å². The number of hydrogen-bond donors (Lipinski definition) is 0. The van der Waals surface area contributed by atoms with Gasteiger partial charge in [-0.3, -0.25) is 0 Å². The SMILES string of the molecule is CCC1CCOCC1CC. The standard InChI is InChI=1S/C9H18O/c1-3-8-5-6-10-7-9(8)4-2/h8-9H,3-7H2,1-2H3. The van der Waals surface area contributed by atoms with Crippen LogP contribution in [0.2, 0.25) is 0 Å². The van der Waals surface area contributed by atoms with Crippen molar-refractivity contribution >= 4 is 0 Å². The highest BCUT2D eigenvalue weighted by molar-refractivity contribution is 4.70. The van der Waals surface area contributed by atoms with Crippen LogP contribution in [0.15, 0.2) is 0 Å². The molecule has 1 aliphatic heterocycles. The second-order valence-corrected chi connectivity index (χ2v) is 3.20. The van der Waals surface area contributed by atoms with Crippen molar-refractivity contribution in [2.45, 2.75) is 33.1 Å². The minimum Gasteiger partial charge on any atom is -0.381 e. The van der Waals surface area contributed by atoms with Crippen LogP contribution >= 0.6 is 0 Å². The van der Waals surface area contributed by atoms with E-state index >= 15 is 0 Å². The molecule has 1 heterocycles. The molecule has 1 rings (SSSR count). The Bertz CT molecular complexity index is 78.7. The molecule has 1 aliphatic rings. The van der Waals surface area contributed by atoms with Gasteiger partial charge < -0.3 is 4.74 Å². The summed E-state index contributed by atoms with van der Waals surface area (Å²) in [6, 6.07) is 0. The third kappa shape index (κ3) is 1.72. The van der Waals surface area contributed by atoms with Gasteiger partial charge in [0, 0.05) is 13.2 Å². The maximum absolute atomic E-state index is 5.41. The van der Waals surface area contributed by atoms with E-state index in [1.54, 1.807) is 0 Å². The Labute approximate surface area is 63.8 Å². The molecule has 0 bridgehead atoms. The first-order valence-electron chi connectivity index (χ1n) is 4.46. The topological polar surface area (TPSA) is 9.23 Å². The molecule has 0 aromatic carbocycles. The molecule has 1 heteroatoms. The summed E-state index contributed by atoms with van der Waals surface area (Å²) in [6.45, 7) is 6.56. The van der Waals surface area contributed by atoms with Crippen LogP contribution in [0, 0.1) is 11.8 Å². The minimum absolute atomic E-state index is 0.846. The van der Waals surface area contributed by atoms with E-state index in [0.29, 0.717) is 0 Å². The summed E-state index contributed by atoms with van der Waals surface area (Å²) >= 11 is 0. The highest BCUT2D eigenvalue weighted by Gasteiger charge is 2.21. The maximum Gasteiger partial charge on any atom is 0.0496 e. The van der Waals surface area contributed by atoms with Gasteiger partial charge in [0.05, 0.1) is 0 Å². The van der Waals surface area contributed by atoms with Crippen LogP contribution in [0.3, 0.4) is 0 Å². The zero-order valence-corrected chi connectivity index (χ0v) is 7.10. The fraction of sp³-hybridized carbons (Fsp3) is 1.00. The Morgan fingerprint density at radius 1 is 1.20 bits per heavy atom. The molecular formula is C9H18O. The predicted octanol–water partition coefficient (Wildman–Crippen LogP) is 2.46. The van der Waals surface area contributed by atoms with Crippen LogP contribution in [-0.4, -0.2) is 13.2 Å². The normalized spacial score (nSPS) is 34.2. The van der Waals surface area contributed by atoms with E-state index in [1.165, 1.54) is 19.3 Å². The highest BCUT2D eigenvalue weighted by atomic mass is 16.5. The van der Waals surface area contributed by atoms with E-state index in [0.717, 1.165) is 25.0 Å².